The van der Waals surface area contributed by atoms with E-state index in [4.69, 9.17) is 10.5 Å². The Hall–Kier alpha value is -2.96. The minimum atomic E-state index is -0.582. The van der Waals surface area contributed by atoms with E-state index in [0.29, 0.717) is 49.0 Å². The molecule has 42 heavy (non-hydrogen) atoms. The summed E-state index contributed by atoms with van der Waals surface area (Å²) in [6.45, 7) is 8.65. The molecular weight excluding hydrogens is 528 g/mol. The van der Waals surface area contributed by atoms with Gasteiger partial charge in [0.05, 0.1) is 5.41 Å². The van der Waals surface area contributed by atoms with Crippen LogP contribution in [0.15, 0.2) is 35.9 Å². The number of anilines is 1. The van der Waals surface area contributed by atoms with Crippen molar-refractivity contribution in [2.24, 2.45) is 28.6 Å². The second-order valence-electron chi connectivity index (χ2n) is 13.9. The third kappa shape index (κ3) is 5.22. The molecule has 1 saturated heterocycles. The minimum Gasteiger partial charge on any atom is -0.462 e. The summed E-state index contributed by atoms with van der Waals surface area (Å²) in [4.78, 5) is 47.1. The van der Waals surface area contributed by atoms with E-state index in [1.165, 1.54) is 24.8 Å². The number of nitrogen functional groups attached to an aromatic ring is 1. The molecule has 4 fully saturated rings. The second kappa shape index (κ2) is 11.6. The van der Waals surface area contributed by atoms with E-state index in [-0.39, 0.29) is 34.7 Å². The number of nitrogens with two attached hydrogens (primary N) is 1. The molecule has 5 aliphatic rings. The molecule has 2 amide bonds. The average molecular weight is 577 g/mol. The third-order valence-electron chi connectivity index (χ3n) is 12.0. The van der Waals surface area contributed by atoms with Crippen LogP contribution in [0.25, 0.3) is 0 Å². The van der Waals surface area contributed by atoms with Gasteiger partial charge in [0.1, 0.15) is 6.10 Å². The lowest BCUT2D eigenvalue weighted by molar-refractivity contribution is -0.159. The van der Waals surface area contributed by atoms with Gasteiger partial charge in [0, 0.05) is 30.4 Å². The summed E-state index contributed by atoms with van der Waals surface area (Å²) in [5.41, 5.74) is 8.49. The molecule has 0 radical (unpaired) electrons. The molecule has 7 heteroatoms. The van der Waals surface area contributed by atoms with Crippen LogP contribution >= 0.6 is 0 Å². The Bertz CT molecular complexity index is 1270. The number of esters is 1. The fraction of sp³-hybridized carbons (Fsp3) is 0.657. The lowest BCUT2D eigenvalue weighted by Gasteiger charge is -2.57. The number of fused-ring (bicyclic) bond motifs is 5. The largest absolute Gasteiger partial charge is 0.462 e. The van der Waals surface area contributed by atoms with E-state index < -0.39 is 5.41 Å². The van der Waals surface area contributed by atoms with Gasteiger partial charge in [0.2, 0.25) is 11.8 Å². The molecule has 6 rings (SSSR count). The summed E-state index contributed by atoms with van der Waals surface area (Å²) in [6.07, 6.45) is 12.9. The first-order valence-electron chi connectivity index (χ1n) is 16.1. The van der Waals surface area contributed by atoms with Crippen LogP contribution in [-0.4, -0.2) is 29.7 Å². The number of nitrogens with one attached hydrogen (secondary N) is 1. The van der Waals surface area contributed by atoms with E-state index in [9.17, 15) is 19.2 Å². The van der Waals surface area contributed by atoms with E-state index >= 15 is 0 Å². The molecule has 3 saturated carbocycles. The van der Waals surface area contributed by atoms with Gasteiger partial charge in [0.25, 0.3) is 0 Å². The van der Waals surface area contributed by atoms with Gasteiger partial charge in [-0.2, -0.15) is 0 Å². The first-order valence-corrected chi connectivity index (χ1v) is 16.1. The Morgan fingerprint density at radius 2 is 1.67 bits per heavy atom. The molecule has 228 valence electrons. The normalized spacial score (nSPS) is 37.2. The highest BCUT2D eigenvalue weighted by atomic mass is 16.5. The summed E-state index contributed by atoms with van der Waals surface area (Å²) in [7, 11) is 0. The SMILES string of the molecule is CCC(=O)O[C@H]1CC[C@H]2[C@@H]3CCC4=CC(=O)CC[C@]4(C)[C@H]3CC[C@]12C.CCC1(c2ccc(N)cc2)CCC(=O)NC1=O. The van der Waals surface area contributed by atoms with E-state index in [0.717, 1.165) is 43.6 Å². The van der Waals surface area contributed by atoms with Crippen LogP contribution in [0.5, 0.6) is 0 Å². The molecule has 0 aromatic heterocycles. The van der Waals surface area contributed by atoms with Gasteiger partial charge in [-0.05, 0) is 105 Å². The van der Waals surface area contributed by atoms with Crippen molar-refractivity contribution >= 4 is 29.3 Å². The maximum absolute atomic E-state index is 12.1. The maximum atomic E-state index is 12.1. The molecule has 1 aliphatic heterocycles. The van der Waals surface area contributed by atoms with Crippen LogP contribution in [0.2, 0.25) is 0 Å². The third-order valence-corrected chi connectivity index (χ3v) is 12.0. The van der Waals surface area contributed by atoms with Crippen molar-refractivity contribution in [2.75, 3.05) is 5.73 Å². The summed E-state index contributed by atoms with van der Waals surface area (Å²) in [5, 5.41) is 2.43. The number of ketones is 1. The molecule has 1 heterocycles. The van der Waals surface area contributed by atoms with E-state index in [1.807, 2.05) is 32.1 Å². The van der Waals surface area contributed by atoms with Crippen molar-refractivity contribution in [3.63, 3.8) is 0 Å². The Morgan fingerprint density at radius 1 is 0.929 bits per heavy atom. The van der Waals surface area contributed by atoms with Crippen molar-refractivity contribution in [1.82, 2.24) is 5.32 Å². The van der Waals surface area contributed by atoms with Crippen LogP contribution < -0.4 is 11.1 Å². The first-order chi connectivity index (χ1) is 20.0. The summed E-state index contributed by atoms with van der Waals surface area (Å²) >= 11 is 0. The number of hydrogen-bond donors (Lipinski definition) is 2. The number of hydrogen-bond acceptors (Lipinski definition) is 6. The van der Waals surface area contributed by atoms with Gasteiger partial charge < -0.3 is 10.5 Å². The van der Waals surface area contributed by atoms with Crippen molar-refractivity contribution < 1.29 is 23.9 Å². The van der Waals surface area contributed by atoms with Crippen LogP contribution in [0.4, 0.5) is 5.69 Å². The zero-order chi connectivity index (χ0) is 30.3. The Balaban J connectivity index is 0.000000181. The van der Waals surface area contributed by atoms with Crippen LogP contribution in [0, 0.1) is 28.6 Å². The Kier molecular flexibility index (Phi) is 8.43. The molecule has 1 aromatic carbocycles. The van der Waals surface area contributed by atoms with Crippen LogP contribution in [-0.2, 0) is 29.3 Å². The monoisotopic (exact) mass is 576 g/mol. The van der Waals surface area contributed by atoms with Gasteiger partial charge >= 0.3 is 5.97 Å². The summed E-state index contributed by atoms with van der Waals surface area (Å²) in [5.74, 6) is 2.03. The van der Waals surface area contributed by atoms with Gasteiger partial charge in [0.15, 0.2) is 5.78 Å². The number of carbonyl (C=O) groups is 4. The highest BCUT2D eigenvalue weighted by molar-refractivity contribution is 6.03. The fourth-order valence-electron chi connectivity index (χ4n) is 9.32. The molecule has 7 atom stereocenters. The van der Waals surface area contributed by atoms with E-state index in [2.05, 4.69) is 19.2 Å². The lowest BCUT2D eigenvalue weighted by atomic mass is 9.47. The minimum absolute atomic E-state index is 0.0411. The number of piperidine rings is 1. The average Bonchev–Trinajstić information content (AvgIpc) is 3.30. The number of rotatable bonds is 4. The Morgan fingerprint density at radius 3 is 2.33 bits per heavy atom. The highest BCUT2D eigenvalue weighted by Crippen LogP contribution is 2.65. The lowest BCUT2D eigenvalue weighted by Crippen LogP contribution is -2.51. The van der Waals surface area contributed by atoms with E-state index in [1.54, 1.807) is 12.1 Å². The molecule has 0 spiro atoms. The smallest absolute Gasteiger partial charge is 0.305 e. The predicted octanol–water partition coefficient (Wildman–Crippen LogP) is 6.19. The quantitative estimate of drug-likeness (QED) is 0.251. The number of imide groups is 1. The van der Waals surface area contributed by atoms with Crippen LogP contribution in [0.3, 0.4) is 0 Å². The second-order valence-corrected chi connectivity index (χ2v) is 13.9. The molecule has 1 aromatic rings. The van der Waals surface area contributed by atoms with Crippen molar-refractivity contribution in [3.8, 4) is 0 Å². The van der Waals surface area contributed by atoms with Crippen LogP contribution in [0.1, 0.15) is 110 Å². The molecule has 0 bridgehead atoms. The number of ether oxygens (including phenoxy) is 1. The standard InChI is InChI=1S/C22H32O3.C13H16N2O2/c1-4-20(24)25-19-8-7-17-16-6-5-14-13-15(23)9-11-21(14,2)18(16)10-12-22(17,19)3;1-2-13(8-7-11(16)15-12(13)17)9-3-5-10(14)6-4-9/h13,16-19H,4-12H2,1-3H3;3-6H,2,7-8,14H2,1H3,(H,15,16,17)/t16-,17-,18-,19-,21-,22-;/m0./s1. The zero-order valence-electron chi connectivity index (χ0n) is 25.8. The van der Waals surface area contributed by atoms with Gasteiger partial charge in [-0.25, -0.2) is 0 Å². The Labute approximate surface area is 250 Å². The molecule has 7 nitrogen and oxygen atoms in total. The van der Waals surface area contributed by atoms with Gasteiger partial charge in [-0.15, -0.1) is 0 Å². The zero-order valence-corrected chi connectivity index (χ0v) is 25.8. The first kappa shape index (κ1) is 30.5. The predicted molar refractivity (Wildman–Crippen MR) is 162 cm³/mol. The van der Waals surface area contributed by atoms with Gasteiger partial charge in [-0.3, -0.25) is 24.5 Å². The molecule has 4 aliphatic carbocycles. The summed E-state index contributed by atoms with van der Waals surface area (Å²) in [6, 6.07) is 7.31. The molecule has 1 unspecified atom stereocenters. The topological polar surface area (TPSA) is 116 Å². The number of amides is 2. The van der Waals surface area contributed by atoms with Gasteiger partial charge in [-0.1, -0.05) is 45.4 Å². The van der Waals surface area contributed by atoms with Crippen molar-refractivity contribution in [1.29, 1.82) is 0 Å². The number of allylic oxidation sites excluding steroid dienone is 1. The molecule has 3 N–H and O–H groups in total. The molecular formula is C35H48N2O5. The summed E-state index contributed by atoms with van der Waals surface area (Å²) < 4.78 is 5.86. The fourth-order valence-corrected chi connectivity index (χ4v) is 9.32. The van der Waals surface area contributed by atoms with Crippen molar-refractivity contribution in [3.05, 3.63) is 41.5 Å². The number of benzene rings is 1. The maximum Gasteiger partial charge on any atom is 0.305 e. The highest BCUT2D eigenvalue weighted by Gasteiger charge is 2.60. The number of carbonyl (C=O) groups excluding carboxylic acids is 4. The van der Waals surface area contributed by atoms with Crippen molar-refractivity contribution in [2.45, 2.75) is 116 Å².